The van der Waals surface area contributed by atoms with Crippen LogP contribution in [0.25, 0.3) is 22.1 Å². The molecule has 1 aliphatic heterocycles. The topological polar surface area (TPSA) is 86.4 Å². The highest BCUT2D eigenvalue weighted by Crippen LogP contribution is 2.28. The first kappa shape index (κ1) is 21.6. The van der Waals surface area contributed by atoms with Crippen LogP contribution in [-0.2, 0) is 16.1 Å². The summed E-state index contributed by atoms with van der Waals surface area (Å²) in [5.41, 5.74) is 0.946. The first-order valence-corrected chi connectivity index (χ1v) is 11.4. The molecule has 0 bridgehead atoms. The Labute approximate surface area is 190 Å². The van der Waals surface area contributed by atoms with Gasteiger partial charge in [0.25, 0.3) is 5.56 Å². The second-order valence-corrected chi connectivity index (χ2v) is 8.63. The Kier molecular flexibility index (Phi) is 5.86. The lowest BCUT2D eigenvalue weighted by Gasteiger charge is -2.15. The molecule has 2 aromatic carbocycles. The average molecular weight is 471 g/mol. The summed E-state index contributed by atoms with van der Waals surface area (Å²) in [6, 6.07) is 10.4. The number of para-hydroxylation sites is 1. The number of ether oxygens (including phenoxy) is 1. The van der Waals surface area contributed by atoms with Crippen molar-refractivity contribution in [2.75, 3.05) is 17.7 Å². The van der Waals surface area contributed by atoms with Gasteiger partial charge < -0.3 is 14.5 Å². The van der Waals surface area contributed by atoms with Gasteiger partial charge in [-0.25, -0.2) is 13.8 Å². The van der Waals surface area contributed by atoms with Crippen LogP contribution in [0.5, 0.6) is 0 Å². The van der Waals surface area contributed by atoms with Gasteiger partial charge in [0.2, 0.25) is 11.5 Å². The summed E-state index contributed by atoms with van der Waals surface area (Å²) in [7, 11) is 0. The molecule has 0 saturated carbocycles. The first-order valence-electron chi connectivity index (χ1n) is 10.4. The Morgan fingerprint density at radius 3 is 2.85 bits per heavy atom. The number of furan rings is 1. The minimum Gasteiger partial charge on any atom is -0.448 e. The molecule has 7 nitrogen and oxygen atoms in total. The molecular weight excluding hydrogens is 452 g/mol. The molecule has 0 aliphatic carbocycles. The standard InChI is InChI=1S/C23H19F2N3O4S/c24-16-8-7-13(10-17(16)25)26-19(29)12-33-23-27-20-15-5-1-2-6-18(15)32-21(20)22(30)28(23)11-14-4-3-9-31-14/h1-2,5-8,10,14H,3-4,9,11-12H2,(H,26,29)/t14-/m1/s1. The number of hydrogen-bond acceptors (Lipinski definition) is 6. The summed E-state index contributed by atoms with van der Waals surface area (Å²) in [6.07, 6.45) is 1.62. The Morgan fingerprint density at radius 2 is 2.06 bits per heavy atom. The summed E-state index contributed by atoms with van der Waals surface area (Å²) in [5.74, 6) is -2.57. The largest absolute Gasteiger partial charge is 0.448 e. The maximum Gasteiger partial charge on any atom is 0.297 e. The number of benzene rings is 2. The smallest absolute Gasteiger partial charge is 0.297 e. The van der Waals surface area contributed by atoms with E-state index in [4.69, 9.17) is 9.15 Å². The second kappa shape index (κ2) is 8.95. The van der Waals surface area contributed by atoms with Gasteiger partial charge in [0, 0.05) is 23.7 Å². The molecular formula is C23H19F2N3O4S. The minimum atomic E-state index is -1.05. The van der Waals surface area contributed by atoms with Gasteiger partial charge in [0.1, 0.15) is 11.1 Å². The highest BCUT2D eigenvalue weighted by atomic mass is 32.2. The second-order valence-electron chi connectivity index (χ2n) is 7.69. The molecule has 1 atom stereocenters. The summed E-state index contributed by atoms with van der Waals surface area (Å²) >= 11 is 1.08. The van der Waals surface area contributed by atoms with E-state index in [1.54, 1.807) is 6.07 Å². The minimum absolute atomic E-state index is 0.0851. The number of anilines is 1. The van der Waals surface area contributed by atoms with E-state index in [2.05, 4.69) is 10.3 Å². The van der Waals surface area contributed by atoms with Crippen molar-refractivity contribution in [3.63, 3.8) is 0 Å². The van der Waals surface area contributed by atoms with Crippen molar-refractivity contribution in [1.82, 2.24) is 9.55 Å². The quantitative estimate of drug-likeness (QED) is 0.333. The third kappa shape index (κ3) is 4.36. The summed E-state index contributed by atoms with van der Waals surface area (Å²) in [4.78, 5) is 30.4. The molecule has 1 N–H and O–H groups in total. The number of carbonyl (C=O) groups excluding carboxylic acids is 1. The fraction of sp³-hybridized carbons (Fsp3) is 0.261. The molecule has 0 spiro atoms. The monoisotopic (exact) mass is 471 g/mol. The molecule has 3 heterocycles. The molecule has 33 heavy (non-hydrogen) atoms. The molecule has 170 valence electrons. The Hall–Kier alpha value is -3.24. The van der Waals surface area contributed by atoms with E-state index in [9.17, 15) is 18.4 Å². The van der Waals surface area contributed by atoms with E-state index in [1.165, 1.54) is 10.6 Å². The van der Waals surface area contributed by atoms with Crippen molar-refractivity contribution in [2.24, 2.45) is 0 Å². The SMILES string of the molecule is O=C(CSc1nc2c(oc3ccccc32)c(=O)n1C[C@H]1CCCO1)Nc1ccc(F)c(F)c1. The number of aromatic nitrogens is 2. The molecule has 4 aromatic rings. The van der Waals surface area contributed by atoms with Gasteiger partial charge in [-0.15, -0.1) is 0 Å². The van der Waals surface area contributed by atoms with Crippen LogP contribution in [0.1, 0.15) is 12.8 Å². The van der Waals surface area contributed by atoms with E-state index in [0.717, 1.165) is 36.7 Å². The van der Waals surface area contributed by atoms with E-state index in [-0.39, 0.29) is 28.7 Å². The number of hydrogen-bond donors (Lipinski definition) is 1. The zero-order chi connectivity index (χ0) is 22.9. The maximum atomic E-state index is 13.4. The highest BCUT2D eigenvalue weighted by molar-refractivity contribution is 7.99. The van der Waals surface area contributed by atoms with Gasteiger partial charge in [-0.2, -0.15) is 0 Å². The van der Waals surface area contributed by atoms with Gasteiger partial charge >= 0.3 is 0 Å². The molecule has 5 rings (SSSR count). The van der Waals surface area contributed by atoms with Crippen LogP contribution in [0.15, 0.2) is 56.8 Å². The van der Waals surface area contributed by atoms with Crippen LogP contribution in [0.3, 0.4) is 0 Å². The number of halogens is 2. The molecule has 0 radical (unpaired) electrons. The molecule has 0 unspecified atom stereocenters. The molecule has 1 saturated heterocycles. The van der Waals surface area contributed by atoms with Crippen molar-refractivity contribution in [1.29, 1.82) is 0 Å². The Bertz CT molecular complexity index is 1410. The van der Waals surface area contributed by atoms with Crippen LogP contribution in [0.2, 0.25) is 0 Å². The average Bonchev–Trinajstić information content (AvgIpc) is 3.45. The first-order chi connectivity index (χ1) is 16.0. The number of thioether (sulfide) groups is 1. The number of amides is 1. The number of rotatable bonds is 6. The van der Waals surface area contributed by atoms with Crippen LogP contribution in [-0.4, -0.2) is 33.9 Å². The molecule has 1 fully saturated rings. The normalized spacial score (nSPS) is 16.0. The van der Waals surface area contributed by atoms with Crippen LogP contribution < -0.4 is 10.9 Å². The zero-order valence-corrected chi connectivity index (χ0v) is 18.2. The molecule has 2 aromatic heterocycles. The summed E-state index contributed by atoms with van der Waals surface area (Å²) in [6.45, 7) is 0.935. The molecule has 1 aliphatic rings. The van der Waals surface area contributed by atoms with Crippen LogP contribution >= 0.6 is 11.8 Å². The predicted molar refractivity (Wildman–Crippen MR) is 120 cm³/mol. The van der Waals surface area contributed by atoms with Crippen LogP contribution in [0, 0.1) is 11.6 Å². The lowest BCUT2D eigenvalue weighted by Crippen LogP contribution is -2.29. The number of carbonyl (C=O) groups is 1. The van der Waals surface area contributed by atoms with E-state index in [0.29, 0.717) is 34.8 Å². The van der Waals surface area contributed by atoms with Crippen molar-refractivity contribution in [3.05, 3.63) is 64.5 Å². The van der Waals surface area contributed by atoms with Gasteiger partial charge in [-0.05, 0) is 37.1 Å². The third-order valence-electron chi connectivity index (χ3n) is 5.39. The van der Waals surface area contributed by atoms with E-state index < -0.39 is 17.5 Å². The van der Waals surface area contributed by atoms with Gasteiger partial charge in [0.05, 0.1) is 18.4 Å². The fourth-order valence-corrected chi connectivity index (χ4v) is 4.62. The Balaban J connectivity index is 1.45. The zero-order valence-electron chi connectivity index (χ0n) is 17.3. The van der Waals surface area contributed by atoms with Crippen molar-refractivity contribution in [2.45, 2.75) is 30.6 Å². The summed E-state index contributed by atoms with van der Waals surface area (Å²) in [5, 5.41) is 3.59. The third-order valence-corrected chi connectivity index (χ3v) is 6.37. The lowest BCUT2D eigenvalue weighted by molar-refractivity contribution is -0.113. The number of fused-ring (bicyclic) bond motifs is 3. The molecule has 10 heteroatoms. The van der Waals surface area contributed by atoms with Crippen molar-refractivity contribution >= 4 is 45.4 Å². The maximum absolute atomic E-state index is 13.4. The van der Waals surface area contributed by atoms with Gasteiger partial charge in [0.15, 0.2) is 16.8 Å². The Morgan fingerprint density at radius 1 is 1.21 bits per heavy atom. The summed E-state index contributed by atoms with van der Waals surface area (Å²) < 4.78 is 39.5. The predicted octanol–water partition coefficient (Wildman–Crippen LogP) is 4.33. The van der Waals surface area contributed by atoms with E-state index >= 15 is 0 Å². The highest BCUT2D eigenvalue weighted by Gasteiger charge is 2.23. The van der Waals surface area contributed by atoms with Gasteiger partial charge in [-0.3, -0.25) is 14.2 Å². The number of nitrogens with zero attached hydrogens (tertiary/aromatic N) is 2. The van der Waals surface area contributed by atoms with E-state index in [1.807, 2.05) is 18.2 Å². The van der Waals surface area contributed by atoms with Gasteiger partial charge in [-0.1, -0.05) is 23.9 Å². The molecule has 1 amide bonds. The van der Waals surface area contributed by atoms with Crippen LogP contribution in [0.4, 0.5) is 14.5 Å². The fourth-order valence-electron chi connectivity index (χ4n) is 3.82. The van der Waals surface area contributed by atoms with Crippen molar-refractivity contribution < 1.29 is 22.7 Å². The number of nitrogens with one attached hydrogen (secondary N) is 1. The lowest BCUT2D eigenvalue weighted by atomic mass is 10.2. The van der Waals surface area contributed by atoms with Crippen molar-refractivity contribution in [3.8, 4) is 0 Å².